The quantitative estimate of drug-likeness (QED) is 0.783. The summed E-state index contributed by atoms with van der Waals surface area (Å²) in [6.45, 7) is 1.93. The topological polar surface area (TPSA) is 40.6 Å². The van der Waals surface area contributed by atoms with Gasteiger partial charge in [-0.2, -0.15) is 0 Å². The molecule has 1 aromatic carbocycles. The molecule has 0 aliphatic heterocycles. The number of nitrogens with zero attached hydrogens (tertiary/aromatic N) is 1. The lowest BCUT2D eigenvalue weighted by atomic mass is 10.2. The number of methoxy groups -OCH3 is 2. The first-order chi connectivity index (χ1) is 9.66. The van der Waals surface area contributed by atoms with Gasteiger partial charge in [-0.3, -0.25) is 0 Å². The Morgan fingerprint density at radius 1 is 1.00 bits per heavy atom. The Morgan fingerprint density at radius 3 is 2.10 bits per heavy atom. The maximum absolute atomic E-state index is 5.78. The second kappa shape index (κ2) is 6.48. The van der Waals surface area contributed by atoms with Gasteiger partial charge in [-0.25, -0.2) is 4.98 Å². The lowest BCUT2D eigenvalue weighted by molar-refractivity contribution is 0.384. The summed E-state index contributed by atoms with van der Waals surface area (Å²) in [5.41, 5.74) is 1.88. The predicted octanol–water partition coefficient (Wildman–Crippen LogP) is 3.94. The predicted molar refractivity (Wildman–Crippen MR) is 78.2 cm³/mol. The Bertz CT molecular complexity index is 579. The number of hydrogen-bond acceptors (Lipinski definition) is 4. The molecule has 1 heterocycles. The molecule has 0 aliphatic carbocycles. The highest BCUT2D eigenvalue weighted by atomic mass is 35.5. The van der Waals surface area contributed by atoms with Gasteiger partial charge in [0.05, 0.1) is 14.2 Å². The number of alkyl halides is 1. The van der Waals surface area contributed by atoms with E-state index in [1.54, 1.807) is 38.6 Å². The zero-order valence-corrected chi connectivity index (χ0v) is 12.4. The molecule has 0 bridgehead atoms. The molecule has 2 aromatic rings. The van der Waals surface area contributed by atoms with Gasteiger partial charge < -0.3 is 14.2 Å². The highest BCUT2D eigenvalue weighted by Crippen LogP contribution is 2.31. The van der Waals surface area contributed by atoms with E-state index >= 15 is 0 Å². The molecule has 5 heteroatoms. The minimum Gasteiger partial charge on any atom is -0.496 e. The average molecular weight is 294 g/mol. The van der Waals surface area contributed by atoms with E-state index in [1.807, 2.05) is 13.0 Å². The summed E-state index contributed by atoms with van der Waals surface area (Å²) in [6.07, 6.45) is 1.70. The van der Waals surface area contributed by atoms with Gasteiger partial charge in [-0.05, 0) is 18.6 Å². The van der Waals surface area contributed by atoms with Gasteiger partial charge >= 0.3 is 0 Å². The molecular formula is C15H16ClNO3. The highest BCUT2D eigenvalue weighted by Gasteiger charge is 2.07. The molecule has 0 saturated heterocycles. The molecule has 106 valence electrons. The van der Waals surface area contributed by atoms with Crippen molar-refractivity contribution in [2.75, 3.05) is 14.2 Å². The average Bonchev–Trinajstić information content (AvgIpc) is 2.48. The van der Waals surface area contributed by atoms with Crippen LogP contribution < -0.4 is 14.2 Å². The van der Waals surface area contributed by atoms with Crippen molar-refractivity contribution >= 4 is 11.6 Å². The first kappa shape index (κ1) is 14.5. The van der Waals surface area contributed by atoms with Crippen LogP contribution in [0.25, 0.3) is 0 Å². The summed E-state index contributed by atoms with van der Waals surface area (Å²) >= 11 is 5.78. The van der Waals surface area contributed by atoms with Crippen LogP contribution in [0.2, 0.25) is 0 Å². The molecule has 2 rings (SSSR count). The van der Waals surface area contributed by atoms with Crippen molar-refractivity contribution in [2.45, 2.75) is 12.8 Å². The SMILES string of the molecule is COc1cc(OC)cc(Oc2ncc(CCl)cc2C)c1. The third-order valence-electron chi connectivity index (χ3n) is 2.78. The minimum absolute atomic E-state index is 0.432. The fraction of sp³-hybridized carbons (Fsp3) is 0.267. The molecule has 0 fully saturated rings. The van der Waals surface area contributed by atoms with E-state index in [1.165, 1.54) is 0 Å². The van der Waals surface area contributed by atoms with Crippen LogP contribution >= 0.6 is 11.6 Å². The van der Waals surface area contributed by atoms with E-state index in [4.69, 9.17) is 25.8 Å². The Labute approximate surface area is 123 Å². The molecule has 0 N–H and O–H groups in total. The summed E-state index contributed by atoms with van der Waals surface area (Å²) in [4.78, 5) is 4.27. The normalized spacial score (nSPS) is 10.2. The van der Waals surface area contributed by atoms with Crippen molar-refractivity contribution < 1.29 is 14.2 Å². The van der Waals surface area contributed by atoms with Gasteiger partial charge in [-0.15, -0.1) is 11.6 Å². The summed E-state index contributed by atoms with van der Waals surface area (Å²) in [7, 11) is 3.19. The maximum Gasteiger partial charge on any atom is 0.222 e. The Balaban J connectivity index is 2.29. The van der Waals surface area contributed by atoms with Crippen LogP contribution in [0.15, 0.2) is 30.5 Å². The number of benzene rings is 1. The minimum atomic E-state index is 0.432. The summed E-state index contributed by atoms with van der Waals surface area (Å²) in [5, 5.41) is 0. The van der Waals surface area contributed by atoms with E-state index in [0.717, 1.165) is 11.1 Å². The zero-order chi connectivity index (χ0) is 14.5. The van der Waals surface area contributed by atoms with Crippen molar-refractivity contribution in [1.82, 2.24) is 4.98 Å². The van der Waals surface area contributed by atoms with Crippen LogP contribution in [0.1, 0.15) is 11.1 Å². The van der Waals surface area contributed by atoms with E-state index < -0.39 is 0 Å². The van der Waals surface area contributed by atoms with Crippen molar-refractivity contribution in [3.63, 3.8) is 0 Å². The lowest BCUT2D eigenvalue weighted by Gasteiger charge is -2.11. The molecule has 0 saturated carbocycles. The highest BCUT2D eigenvalue weighted by molar-refractivity contribution is 6.17. The summed E-state index contributed by atoms with van der Waals surface area (Å²) in [5.74, 6) is 2.90. The monoisotopic (exact) mass is 293 g/mol. The van der Waals surface area contributed by atoms with Crippen LogP contribution in [-0.2, 0) is 5.88 Å². The molecular weight excluding hydrogens is 278 g/mol. The Kier molecular flexibility index (Phi) is 4.69. The number of pyridine rings is 1. The van der Waals surface area contributed by atoms with Crippen LogP contribution in [0.4, 0.5) is 0 Å². The van der Waals surface area contributed by atoms with E-state index in [0.29, 0.717) is 29.0 Å². The van der Waals surface area contributed by atoms with Crippen molar-refractivity contribution in [2.24, 2.45) is 0 Å². The molecule has 0 amide bonds. The number of ether oxygens (including phenoxy) is 3. The molecule has 0 aliphatic rings. The van der Waals surface area contributed by atoms with Gasteiger partial charge in [0.25, 0.3) is 0 Å². The number of aryl methyl sites for hydroxylation is 1. The van der Waals surface area contributed by atoms with E-state index in [9.17, 15) is 0 Å². The van der Waals surface area contributed by atoms with Gasteiger partial charge in [0.1, 0.15) is 17.2 Å². The third kappa shape index (κ3) is 3.33. The maximum atomic E-state index is 5.78. The smallest absolute Gasteiger partial charge is 0.222 e. The second-order valence-electron chi connectivity index (χ2n) is 4.25. The van der Waals surface area contributed by atoms with Crippen molar-refractivity contribution in [1.29, 1.82) is 0 Å². The molecule has 0 spiro atoms. The fourth-order valence-electron chi connectivity index (χ4n) is 1.75. The van der Waals surface area contributed by atoms with Gasteiger partial charge in [-0.1, -0.05) is 0 Å². The first-order valence-corrected chi connectivity index (χ1v) is 6.62. The van der Waals surface area contributed by atoms with Crippen LogP contribution in [-0.4, -0.2) is 19.2 Å². The molecule has 1 aromatic heterocycles. The van der Waals surface area contributed by atoms with Crippen LogP contribution in [0.3, 0.4) is 0 Å². The van der Waals surface area contributed by atoms with E-state index in [2.05, 4.69) is 4.98 Å². The molecule has 0 unspecified atom stereocenters. The lowest BCUT2D eigenvalue weighted by Crippen LogP contribution is -1.94. The number of hydrogen-bond donors (Lipinski definition) is 0. The van der Waals surface area contributed by atoms with Gasteiger partial charge in [0.2, 0.25) is 5.88 Å². The summed E-state index contributed by atoms with van der Waals surface area (Å²) in [6, 6.07) is 7.29. The largest absolute Gasteiger partial charge is 0.496 e. The third-order valence-corrected chi connectivity index (χ3v) is 3.09. The molecule has 20 heavy (non-hydrogen) atoms. The number of aromatic nitrogens is 1. The molecule has 0 radical (unpaired) electrons. The van der Waals surface area contributed by atoms with Crippen molar-refractivity contribution in [3.05, 3.63) is 41.6 Å². The van der Waals surface area contributed by atoms with Gasteiger partial charge in [0.15, 0.2) is 0 Å². The second-order valence-corrected chi connectivity index (χ2v) is 4.52. The van der Waals surface area contributed by atoms with Crippen molar-refractivity contribution in [3.8, 4) is 23.1 Å². The summed E-state index contributed by atoms with van der Waals surface area (Å²) < 4.78 is 16.2. The Hall–Kier alpha value is -1.94. The van der Waals surface area contributed by atoms with Crippen LogP contribution in [0.5, 0.6) is 23.1 Å². The number of halogens is 1. The first-order valence-electron chi connectivity index (χ1n) is 6.08. The van der Waals surface area contributed by atoms with Crippen LogP contribution in [0, 0.1) is 6.92 Å². The zero-order valence-electron chi connectivity index (χ0n) is 11.6. The fourth-order valence-corrected chi connectivity index (χ4v) is 1.90. The molecule has 4 nitrogen and oxygen atoms in total. The standard InChI is InChI=1S/C15H16ClNO3/c1-10-4-11(8-16)9-17-15(10)20-14-6-12(18-2)5-13(7-14)19-3/h4-7,9H,8H2,1-3H3. The molecule has 0 atom stereocenters. The van der Waals surface area contributed by atoms with Gasteiger partial charge in [0, 0.05) is 35.8 Å². The van der Waals surface area contributed by atoms with E-state index in [-0.39, 0.29) is 0 Å². The Morgan fingerprint density at radius 2 is 1.60 bits per heavy atom. The number of rotatable bonds is 5.